The van der Waals surface area contributed by atoms with Gasteiger partial charge in [0.25, 0.3) is 5.91 Å². The number of piperidine rings is 1. The van der Waals surface area contributed by atoms with E-state index in [1.54, 1.807) is 19.1 Å². The highest BCUT2D eigenvalue weighted by Crippen LogP contribution is 2.15. The van der Waals surface area contributed by atoms with Gasteiger partial charge in [0.15, 0.2) is 0 Å². The first-order chi connectivity index (χ1) is 9.54. The van der Waals surface area contributed by atoms with Gasteiger partial charge in [-0.05, 0) is 43.5 Å². The summed E-state index contributed by atoms with van der Waals surface area (Å²) in [5, 5.41) is 0. The number of hydrogen-bond acceptors (Lipinski definition) is 3. The molecule has 110 valence electrons. The molecule has 1 heterocycles. The third kappa shape index (κ3) is 3.37. The molecule has 6 heteroatoms. The third-order valence-corrected chi connectivity index (χ3v) is 4.95. The summed E-state index contributed by atoms with van der Waals surface area (Å²) in [6, 6.07) is 6.13. The Kier molecular flexibility index (Phi) is 4.77. The van der Waals surface area contributed by atoms with Gasteiger partial charge in [-0.25, -0.2) is 13.1 Å². The predicted molar refractivity (Wildman–Crippen MR) is 77.1 cm³/mol. The molecule has 1 saturated heterocycles. The van der Waals surface area contributed by atoms with E-state index in [0.717, 1.165) is 25.9 Å². The Bertz CT molecular complexity index is 561. The molecule has 1 aromatic rings. The Balaban J connectivity index is 2.13. The number of likely N-dealkylation sites (tertiary alicyclic amines) is 1. The van der Waals surface area contributed by atoms with Crippen LogP contribution in [0.5, 0.6) is 0 Å². The molecule has 1 aromatic carbocycles. The molecule has 1 amide bonds. The average Bonchev–Trinajstić information content (AvgIpc) is 2.47. The molecule has 0 saturated carbocycles. The Morgan fingerprint density at radius 3 is 2.30 bits per heavy atom. The molecular weight excluding hydrogens is 276 g/mol. The average molecular weight is 296 g/mol. The van der Waals surface area contributed by atoms with Gasteiger partial charge >= 0.3 is 0 Å². The van der Waals surface area contributed by atoms with Crippen LogP contribution < -0.4 is 4.72 Å². The fraction of sp³-hybridized carbons (Fsp3) is 0.500. The molecule has 0 aliphatic carbocycles. The zero-order chi connectivity index (χ0) is 14.6. The van der Waals surface area contributed by atoms with Crippen LogP contribution in [0.4, 0.5) is 0 Å². The number of hydrogen-bond donors (Lipinski definition) is 1. The van der Waals surface area contributed by atoms with Crippen LogP contribution in [-0.2, 0) is 10.0 Å². The van der Waals surface area contributed by atoms with Crippen LogP contribution in [0.3, 0.4) is 0 Å². The van der Waals surface area contributed by atoms with Gasteiger partial charge in [0, 0.05) is 25.2 Å². The second-order valence-corrected chi connectivity index (χ2v) is 6.65. The van der Waals surface area contributed by atoms with Crippen LogP contribution in [0.2, 0.25) is 0 Å². The first-order valence-electron chi connectivity index (χ1n) is 6.93. The first-order valence-corrected chi connectivity index (χ1v) is 8.42. The van der Waals surface area contributed by atoms with Crippen molar-refractivity contribution >= 4 is 15.9 Å². The molecule has 0 aromatic heterocycles. The largest absolute Gasteiger partial charge is 0.339 e. The van der Waals surface area contributed by atoms with E-state index < -0.39 is 10.0 Å². The van der Waals surface area contributed by atoms with Crippen molar-refractivity contribution in [2.75, 3.05) is 19.6 Å². The van der Waals surface area contributed by atoms with Crippen LogP contribution in [0.1, 0.15) is 36.5 Å². The van der Waals surface area contributed by atoms with Gasteiger partial charge in [-0.3, -0.25) is 4.79 Å². The van der Waals surface area contributed by atoms with Gasteiger partial charge in [-0.15, -0.1) is 0 Å². The Hall–Kier alpha value is -1.40. The lowest BCUT2D eigenvalue weighted by Crippen LogP contribution is -2.35. The Morgan fingerprint density at radius 2 is 1.75 bits per heavy atom. The van der Waals surface area contributed by atoms with E-state index in [1.807, 2.05) is 4.90 Å². The fourth-order valence-corrected chi connectivity index (χ4v) is 3.37. The van der Waals surface area contributed by atoms with Gasteiger partial charge in [0.05, 0.1) is 4.90 Å². The second kappa shape index (κ2) is 6.37. The monoisotopic (exact) mass is 296 g/mol. The number of nitrogens with one attached hydrogen (secondary N) is 1. The Labute approximate surface area is 120 Å². The molecule has 1 aliphatic heterocycles. The summed E-state index contributed by atoms with van der Waals surface area (Å²) in [6.07, 6.45) is 3.25. The first kappa shape index (κ1) is 15.0. The van der Waals surface area contributed by atoms with Crippen LogP contribution >= 0.6 is 0 Å². The van der Waals surface area contributed by atoms with Crippen molar-refractivity contribution in [3.05, 3.63) is 29.8 Å². The number of carbonyl (C=O) groups is 1. The molecule has 1 fully saturated rings. The zero-order valence-electron chi connectivity index (χ0n) is 11.6. The predicted octanol–water partition coefficient (Wildman–Crippen LogP) is 1.61. The van der Waals surface area contributed by atoms with Crippen LogP contribution in [0, 0.1) is 0 Å². The maximum absolute atomic E-state index is 12.2. The SMILES string of the molecule is CCNS(=O)(=O)c1ccc(C(=O)N2CCCCC2)cc1. The highest BCUT2D eigenvalue weighted by Gasteiger charge is 2.19. The summed E-state index contributed by atoms with van der Waals surface area (Å²) in [5.41, 5.74) is 0.544. The number of carbonyl (C=O) groups excluding carboxylic acids is 1. The summed E-state index contributed by atoms with van der Waals surface area (Å²) in [7, 11) is -3.45. The van der Waals surface area contributed by atoms with Crippen molar-refractivity contribution in [2.24, 2.45) is 0 Å². The van der Waals surface area contributed by atoms with Gasteiger partial charge in [-0.1, -0.05) is 6.92 Å². The fourth-order valence-electron chi connectivity index (χ4n) is 2.33. The molecule has 0 spiro atoms. The molecule has 0 bridgehead atoms. The minimum Gasteiger partial charge on any atom is -0.339 e. The van der Waals surface area contributed by atoms with Crippen LogP contribution in [0.25, 0.3) is 0 Å². The van der Waals surface area contributed by atoms with Crippen molar-refractivity contribution in [1.82, 2.24) is 9.62 Å². The van der Waals surface area contributed by atoms with Crippen molar-refractivity contribution < 1.29 is 13.2 Å². The molecular formula is C14H20N2O3S. The molecule has 1 N–H and O–H groups in total. The third-order valence-electron chi connectivity index (χ3n) is 3.39. The topological polar surface area (TPSA) is 66.5 Å². The second-order valence-electron chi connectivity index (χ2n) is 4.88. The summed E-state index contributed by atoms with van der Waals surface area (Å²) < 4.78 is 26.0. The highest BCUT2D eigenvalue weighted by molar-refractivity contribution is 7.89. The number of rotatable bonds is 4. The summed E-state index contributed by atoms with van der Waals surface area (Å²) in [4.78, 5) is 14.3. The lowest BCUT2D eigenvalue weighted by atomic mass is 10.1. The van der Waals surface area contributed by atoms with E-state index >= 15 is 0 Å². The van der Waals surface area contributed by atoms with Crippen molar-refractivity contribution in [2.45, 2.75) is 31.1 Å². The number of sulfonamides is 1. The zero-order valence-corrected chi connectivity index (χ0v) is 12.4. The smallest absolute Gasteiger partial charge is 0.253 e. The number of amides is 1. The maximum atomic E-state index is 12.2. The van der Waals surface area contributed by atoms with Crippen molar-refractivity contribution in [1.29, 1.82) is 0 Å². The minimum absolute atomic E-state index is 0.0166. The van der Waals surface area contributed by atoms with Gasteiger partial charge < -0.3 is 4.90 Å². The summed E-state index contributed by atoms with van der Waals surface area (Å²) >= 11 is 0. The van der Waals surface area contributed by atoms with E-state index in [2.05, 4.69) is 4.72 Å². The summed E-state index contributed by atoms with van der Waals surface area (Å²) in [6.45, 7) is 3.65. The normalized spacial score (nSPS) is 16.1. The molecule has 0 radical (unpaired) electrons. The van der Waals surface area contributed by atoms with Gasteiger partial charge in [-0.2, -0.15) is 0 Å². The lowest BCUT2D eigenvalue weighted by molar-refractivity contribution is 0.0724. The van der Waals surface area contributed by atoms with E-state index in [-0.39, 0.29) is 10.8 Å². The van der Waals surface area contributed by atoms with E-state index in [9.17, 15) is 13.2 Å². The van der Waals surface area contributed by atoms with Crippen molar-refractivity contribution in [3.63, 3.8) is 0 Å². The molecule has 5 nitrogen and oxygen atoms in total. The van der Waals surface area contributed by atoms with Crippen LogP contribution in [-0.4, -0.2) is 38.9 Å². The van der Waals surface area contributed by atoms with Gasteiger partial charge in [0.1, 0.15) is 0 Å². The van der Waals surface area contributed by atoms with Gasteiger partial charge in [0.2, 0.25) is 10.0 Å². The van der Waals surface area contributed by atoms with Crippen LogP contribution in [0.15, 0.2) is 29.2 Å². The van der Waals surface area contributed by atoms with Crippen molar-refractivity contribution in [3.8, 4) is 0 Å². The maximum Gasteiger partial charge on any atom is 0.253 e. The molecule has 20 heavy (non-hydrogen) atoms. The van der Waals surface area contributed by atoms with E-state index in [4.69, 9.17) is 0 Å². The molecule has 2 rings (SSSR count). The number of nitrogens with zero attached hydrogens (tertiary/aromatic N) is 1. The highest BCUT2D eigenvalue weighted by atomic mass is 32.2. The lowest BCUT2D eigenvalue weighted by Gasteiger charge is -2.26. The quantitative estimate of drug-likeness (QED) is 0.918. The molecule has 1 aliphatic rings. The Morgan fingerprint density at radius 1 is 1.15 bits per heavy atom. The van der Waals surface area contributed by atoms with E-state index in [0.29, 0.717) is 12.1 Å². The molecule has 0 atom stereocenters. The standard InChI is InChI=1S/C14H20N2O3S/c1-2-15-20(18,19)13-8-6-12(7-9-13)14(17)16-10-4-3-5-11-16/h6-9,15H,2-5,10-11H2,1H3. The summed E-state index contributed by atoms with van der Waals surface area (Å²) in [5.74, 6) is -0.0166. The number of benzene rings is 1. The minimum atomic E-state index is -3.45. The molecule has 0 unspecified atom stereocenters. The van der Waals surface area contributed by atoms with E-state index in [1.165, 1.54) is 18.6 Å².